The third-order valence-electron chi connectivity index (χ3n) is 11.7. The summed E-state index contributed by atoms with van der Waals surface area (Å²) in [5.41, 5.74) is 8.76. The minimum absolute atomic E-state index is 0.131. The van der Waals surface area contributed by atoms with Crippen molar-refractivity contribution in [1.29, 1.82) is 0 Å². The van der Waals surface area contributed by atoms with Gasteiger partial charge in [0, 0.05) is 41.5 Å². The average Bonchev–Trinajstić information content (AvgIpc) is 3.88. The largest absolute Gasteiger partial charge is 0.478 e. The molecule has 17 nitrogen and oxygen atoms in total. The number of benzene rings is 2. The summed E-state index contributed by atoms with van der Waals surface area (Å²) in [6, 6.07) is 7.52. The van der Waals surface area contributed by atoms with E-state index in [4.69, 9.17) is 38.5 Å². The van der Waals surface area contributed by atoms with E-state index in [9.17, 15) is 35.2 Å². The molecule has 0 saturated carbocycles. The first kappa shape index (κ1) is 50.9. The number of hydrogen-bond donors (Lipinski definition) is 4. The molecule has 2 aliphatic heterocycles. The number of aryl methyl sites for hydroxylation is 4. The lowest BCUT2D eigenvalue weighted by Gasteiger charge is -2.35. The molecule has 1 amide bonds. The Hall–Kier alpha value is -5.48. The van der Waals surface area contributed by atoms with Gasteiger partial charge >= 0.3 is 5.97 Å². The Bertz CT molecular complexity index is 3120. The molecule has 4 N–H and O–H groups in total. The first-order chi connectivity index (χ1) is 31.3. The Labute approximate surface area is 397 Å². The maximum Gasteiger partial charge on any atom is 0.337 e. The number of amides is 1. The van der Waals surface area contributed by atoms with E-state index in [0.29, 0.717) is 36.4 Å². The molecule has 4 aromatic heterocycles. The first-order valence-corrected chi connectivity index (χ1v) is 25.8. The summed E-state index contributed by atoms with van der Waals surface area (Å²) in [7, 11) is -7.44. The highest BCUT2D eigenvalue weighted by Gasteiger charge is 2.33. The Morgan fingerprint density at radius 3 is 1.67 bits per heavy atom. The molecule has 0 unspecified atom stereocenters. The lowest BCUT2D eigenvalue weighted by atomic mass is 9.98. The van der Waals surface area contributed by atoms with Crippen LogP contribution in [-0.4, -0.2) is 93.5 Å². The predicted octanol–water partition coefficient (Wildman–Crippen LogP) is 8.20. The molecular formula is C44H52Cl2F2N10O7S2. The first-order valence-electron chi connectivity index (χ1n) is 21.2. The normalized spacial score (nSPS) is 16.5. The second-order valence-corrected chi connectivity index (χ2v) is 21.0. The predicted molar refractivity (Wildman–Crippen MR) is 253 cm³/mol. The van der Waals surface area contributed by atoms with Crippen molar-refractivity contribution in [2.75, 3.05) is 35.0 Å². The molecule has 8 rings (SSSR count). The second-order valence-electron chi connectivity index (χ2n) is 16.7. The molecule has 2 atom stereocenters. The van der Waals surface area contributed by atoms with Crippen LogP contribution in [-0.2, 0) is 20.0 Å². The SMILES string of the molecule is CS(=O)(=O)Nc1c(Cl)cc(F)cc1C(=O)O.Cc1nc2cc([C@@H]3CCCCN3)nn2c(C)c1C.Cc1nc2cc([C@@H]3CCCCN3C(=O)c3cc(F)cc(Cl)c3NS(C)(=O)=O)nn2c(C)c1C. The molecular weight excluding hydrogens is 954 g/mol. The fourth-order valence-corrected chi connectivity index (χ4v) is 9.72. The topological polar surface area (TPSA) is 222 Å². The van der Waals surface area contributed by atoms with E-state index in [1.165, 1.54) is 30.5 Å². The summed E-state index contributed by atoms with van der Waals surface area (Å²) < 4.78 is 80.6. The summed E-state index contributed by atoms with van der Waals surface area (Å²) in [5, 5.41) is 21.3. The van der Waals surface area contributed by atoms with Crippen LogP contribution in [0.2, 0.25) is 10.0 Å². The zero-order valence-corrected chi connectivity index (χ0v) is 41.3. The summed E-state index contributed by atoms with van der Waals surface area (Å²) in [5.74, 6) is -3.58. The third-order valence-corrected chi connectivity index (χ3v) is 13.5. The number of rotatable bonds is 8. The molecule has 0 aliphatic carbocycles. The van der Waals surface area contributed by atoms with E-state index in [-0.39, 0.29) is 33.0 Å². The molecule has 2 aliphatic rings. The van der Waals surface area contributed by atoms with Crippen molar-refractivity contribution in [2.24, 2.45) is 0 Å². The van der Waals surface area contributed by atoms with Gasteiger partial charge in [-0.3, -0.25) is 14.2 Å². The maximum absolute atomic E-state index is 14.2. The number of fused-ring (bicyclic) bond motifs is 2. The number of carbonyl (C=O) groups excluding carboxylic acids is 1. The maximum atomic E-state index is 14.2. The fraction of sp³-hybridized carbons (Fsp3) is 0.409. The van der Waals surface area contributed by atoms with Crippen LogP contribution < -0.4 is 14.8 Å². The molecule has 0 spiro atoms. The summed E-state index contributed by atoms with van der Waals surface area (Å²) in [6.45, 7) is 13.7. The number of halogens is 4. The number of hydrogen-bond acceptors (Lipinski definition) is 11. The van der Waals surface area contributed by atoms with Gasteiger partial charge in [-0.1, -0.05) is 29.6 Å². The smallest absolute Gasteiger partial charge is 0.337 e. The number of likely N-dealkylation sites (tertiary alicyclic amines) is 1. The van der Waals surface area contributed by atoms with Gasteiger partial charge in [0.05, 0.1) is 68.5 Å². The van der Waals surface area contributed by atoms with Crippen molar-refractivity contribution in [1.82, 2.24) is 39.4 Å². The number of anilines is 2. The summed E-state index contributed by atoms with van der Waals surface area (Å²) in [4.78, 5) is 35.2. The molecule has 2 aromatic carbocycles. The van der Waals surface area contributed by atoms with Crippen molar-refractivity contribution in [3.8, 4) is 0 Å². The average molecular weight is 1010 g/mol. The van der Waals surface area contributed by atoms with Gasteiger partial charge in [0.1, 0.15) is 11.6 Å². The number of piperidine rings is 2. The Kier molecular flexibility index (Phi) is 15.5. The van der Waals surface area contributed by atoms with Crippen molar-refractivity contribution >= 4 is 77.8 Å². The summed E-state index contributed by atoms with van der Waals surface area (Å²) in [6.07, 6.45) is 7.86. The van der Waals surface area contributed by atoms with Gasteiger partial charge in [-0.15, -0.1) is 0 Å². The quantitative estimate of drug-likeness (QED) is 0.113. The van der Waals surface area contributed by atoms with Crippen LogP contribution in [0.25, 0.3) is 11.3 Å². The van der Waals surface area contributed by atoms with E-state index < -0.39 is 49.1 Å². The number of carbonyl (C=O) groups is 2. The van der Waals surface area contributed by atoms with Crippen molar-refractivity contribution < 1.29 is 40.3 Å². The van der Waals surface area contributed by atoms with Crippen LogP contribution >= 0.6 is 23.2 Å². The Balaban J connectivity index is 0.000000183. The second kappa shape index (κ2) is 20.4. The number of carboxylic acid groups (broad SMARTS) is 1. The van der Waals surface area contributed by atoms with E-state index >= 15 is 0 Å². The molecule has 0 bridgehead atoms. The van der Waals surface area contributed by atoms with Crippen LogP contribution in [0.3, 0.4) is 0 Å². The van der Waals surface area contributed by atoms with Crippen LogP contribution in [0.5, 0.6) is 0 Å². The highest BCUT2D eigenvalue weighted by molar-refractivity contribution is 7.92. The van der Waals surface area contributed by atoms with Crippen LogP contribution in [0.1, 0.15) is 117 Å². The monoisotopic (exact) mass is 1000 g/mol. The number of nitrogens with one attached hydrogen (secondary N) is 3. The highest BCUT2D eigenvalue weighted by Crippen LogP contribution is 2.36. The van der Waals surface area contributed by atoms with E-state index in [0.717, 1.165) is 84.1 Å². The molecule has 6 heterocycles. The van der Waals surface area contributed by atoms with Gasteiger partial charge in [-0.05, 0) is 116 Å². The number of nitrogens with zero attached hydrogens (tertiary/aromatic N) is 7. The number of sulfonamides is 2. The van der Waals surface area contributed by atoms with E-state index in [2.05, 4.69) is 46.8 Å². The van der Waals surface area contributed by atoms with Crippen molar-refractivity contribution in [3.05, 3.63) is 114 Å². The van der Waals surface area contributed by atoms with Gasteiger partial charge in [-0.2, -0.15) is 10.2 Å². The van der Waals surface area contributed by atoms with Gasteiger partial charge < -0.3 is 15.3 Å². The van der Waals surface area contributed by atoms with Crippen LogP contribution in [0.4, 0.5) is 20.2 Å². The zero-order chi connectivity index (χ0) is 49.3. The number of aromatic carboxylic acids is 1. The lowest BCUT2D eigenvalue weighted by Crippen LogP contribution is -2.39. The van der Waals surface area contributed by atoms with Gasteiger partial charge in [0.2, 0.25) is 20.0 Å². The molecule has 6 aromatic rings. The zero-order valence-electron chi connectivity index (χ0n) is 38.1. The van der Waals surface area contributed by atoms with E-state index in [1.54, 1.807) is 9.42 Å². The molecule has 67 heavy (non-hydrogen) atoms. The molecule has 2 fully saturated rings. The minimum Gasteiger partial charge on any atom is -0.478 e. The summed E-state index contributed by atoms with van der Waals surface area (Å²) >= 11 is 11.7. The fourth-order valence-electron chi connectivity index (χ4n) is 7.92. The highest BCUT2D eigenvalue weighted by atomic mass is 35.5. The van der Waals surface area contributed by atoms with Gasteiger partial charge in [0.25, 0.3) is 5.91 Å². The molecule has 2 saturated heterocycles. The van der Waals surface area contributed by atoms with Gasteiger partial charge in [0.15, 0.2) is 11.3 Å². The van der Waals surface area contributed by atoms with Crippen molar-refractivity contribution in [3.63, 3.8) is 0 Å². The third kappa shape index (κ3) is 12.0. The molecule has 0 radical (unpaired) electrons. The Morgan fingerprint density at radius 1 is 0.701 bits per heavy atom. The number of carboxylic acids is 1. The van der Waals surface area contributed by atoms with Gasteiger partial charge in [-0.25, -0.2) is 49.4 Å². The van der Waals surface area contributed by atoms with Crippen LogP contribution in [0.15, 0.2) is 36.4 Å². The lowest BCUT2D eigenvalue weighted by molar-refractivity contribution is 0.0605. The Morgan fingerprint density at radius 2 is 1.18 bits per heavy atom. The van der Waals surface area contributed by atoms with E-state index in [1.807, 2.05) is 36.1 Å². The van der Waals surface area contributed by atoms with Crippen LogP contribution in [0, 0.1) is 53.2 Å². The molecule has 23 heteroatoms. The number of aromatic nitrogens is 6. The standard InChI is InChI=1S/C22H25ClFN5O3S.C14H20N4.C8H7ClFNO4S/c1-12-13(2)25-20-11-18(26-29(20)14(12)3)19-7-5-6-8-28(19)22(30)16-9-15(24)10-17(23)21(16)27-33(4,31)32;1-9-10(2)16-14-8-13(17-18(14)11(9)3)12-6-4-5-7-15-12;1-16(14,15)11-7-5(8(12)13)2-4(10)3-6(7)9/h9-11,19,27H,5-8H2,1-4H3;8,12,15H,4-7H2,1-3H3;2-3,11H,1H3,(H,12,13)/t19-;12-;/m00./s1. The van der Waals surface area contributed by atoms with Crippen molar-refractivity contribution in [2.45, 2.75) is 92.2 Å². The minimum atomic E-state index is -3.75. The molecule has 360 valence electrons.